The highest BCUT2D eigenvalue weighted by Crippen LogP contribution is 2.28. The summed E-state index contributed by atoms with van der Waals surface area (Å²) in [4.78, 5) is 29.4. The standard InChI is InChI=1S/C13H13NO5/c15-10-5-7(6-11(10)16)19-14-12(17)8-3-1-2-4-9(8)13(14)18/h1-4,7,10-11,15-16H,5-6H2. The Morgan fingerprint density at radius 3 is 1.95 bits per heavy atom. The van der Waals surface area contributed by atoms with Gasteiger partial charge in [0.15, 0.2) is 0 Å². The second-order valence-electron chi connectivity index (χ2n) is 4.78. The lowest BCUT2D eigenvalue weighted by Gasteiger charge is -2.18. The molecular formula is C13H13NO5. The molecule has 6 nitrogen and oxygen atoms in total. The minimum absolute atomic E-state index is 0.203. The monoisotopic (exact) mass is 263 g/mol. The fourth-order valence-corrected chi connectivity index (χ4v) is 2.45. The molecule has 6 heteroatoms. The van der Waals surface area contributed by atoms with E-state index in [0.717, 1.165) is 5.06 Å². The molecule has 2 N–H and O–H groups in total. The number of carbonyl (C=O) groups excluding carboxylic acids is 2. The van der Waals surface area contributed by atoms with Crippen molar-refractivity contribution in [2.24, 2.45) is 0 Å². The Kier molecular flexibility index (Phi) is 2.85. The lowest BCUT2D eigenvalue weighted by molar-refractivity contribution is -0.132. The van der Waals surface area contributed by atoms with Crippen LogP contribution in [0.15, 0.2) is 24.3 Å². The number of hydrogen-bond acceptors (Lipinski definition) is 5. The maximum Gasteiger partial charge on any atom is 0.285 e. The van der Waals surface area contributed by atoms with E-state index < -0.39 is 30.1 Å². The summed E-state index contributed by atoms with van der Waals surface area (Å²) < 4.78 is 0. The van der Waals surface area contributed by atoms with E-state index in [9.17, 15) is 19.8 Å². The van der Waals surface area contributed by atoms with E-state index in [2.05, 4.69) is 0 Å². The SMILES string of the molecule is O=C1c2ccccc2C(=O)N1OC1CC(O)C(O)C1. The number of amides is 2. The van der Waals surface area contributed by atoms with Crippen LogP contribution in [-0.2, 0) is 4.84 Å². The van der Waals surface area contributed by atoms with Crippen molar-refractivity contribution in [1.29, 1.82) is 0 Å². The third-order valence-electron chi connectivity index (χ3n) is 3.46. The van der Waals surface area contributed by atoms with Gasteiger partial charge in [-0.2, -0.15) is 0 Å². The van der Waals surface area contributed by atoms with E-state index in [-0.39, 0.29) is 12.8 Å². The van der Waals surface area contributed by atoms with Gasteiger partial charge in [0.2, 0.25) is 0 Å². The molecule has 1 aliphatic heterocycles. The number of hydroxylamine groups is 2. The Morgan fingerprint density at radius 1 is 1.00 bits per heavy atom. The molecule has 2 atom stereocenters. The van der Waals surface area contributed by atoms with Crippen molar-refractivity contribution in [3.8, 4) is 0 Å². The normalized spacial score (nSPS) is 30.0. The van der Waals surface area contributed by atoms with Crippen LogP contribution in [0.2, 0.25) is 0 Å². The zero-order valence-electron chi connectivity index (χ0n) is 10.0. The number of rotatable bonds is 2. The van der Waals surface area contributed by atoms with Crippen LogP contribution in [0, 0.1) is 0 Å². The molecule has 1 heterocycles. The molecule has 0 radical (unpaired) electrons. The van der Waals surface area contributed by atoms with Crippen molar-refractivity contribution in [2.45, 2.75) is 31.2 Å². The van der Waals surface area contributed by atoms with Crippen LogP contribution >= 0.6 is 0 Å². The van der Waals surface area contributed by atoms with Gasteiger partial charge in [0.05, 0.1) is 29.4 Å². The maximum atomic E-state index is 12.0. The van der Waals surface area contributed by atoms with E-state index in [1.54, 1.807) is 24.3 Å². The zero-order valence-corrected chi connectivity index (χ0v) is 10.0. The first kappa shape index (κ1) is 12.3. The van der Waals surface area contributed by atoms with Gasteiger partial charge in [-0.25, -0.2) is 0 Å². The summed E-state index contributed by atoms with van der Waals surface area (Å²) in [7, 11) is 0. The first-order chi connectivity index (χ1) is 9.08. The second-order valence-corrected chi connectivity index (χ2v) is 4.78. The summed E-state index contributed by atoms with van der Waals surface area (Å²) in [5.74, 6) is -1.01. The zero-order chi connectivity index (χ0) is 13.6. The van der Waals surface area contributed by atoms with Crippen molar-refractivity contribution < 1.29 is 24.6 Å². The molecule has 0 saturated heterocycles. The molecule has 1 saturated carbocycles. The number of nitrogens with zero attached hydrogens (tertiary/aromatic N) is 1. The van der Waals surface area contributed by atoms with Gasteiger partial charge in [-0.15, -0.1) is 5.06 Å². The number of hydrogen-bond donors (Lipinski definition) is 2. The van der Waals surface area contributed by atoms with Crippen LogP contribution in [0.5, 0.6) is 0 Å². The van der Waals surface area contributed by atoms with E-state index in [4.69, 9.17) is 4.84 Å². The van der Waals surface area contributed by atoms with Crippen LogP contribution in [-0.4, -0.2) is 45.4 Å². The van der Waals surface area contributed by atoms with E-state index in [1.165, 1.54) is 0 Å². The van der Waals surface area contributed by atoms with Gasteiger partial charge in [-0.1, -0.05) is 12.1 Å². The Labute approximate surface area is 109 Å². The predicted molar refractivity (Wildman–Crippen MR) is 63.1 cm³/mol. The third-order valence-corrected chi connectivity index (χ3v) is 3.46. The quantitative estimate of drug-likeness (QED) is 0.739. The average Bonchev–Trinajstić information content (AvgIpc) is 2.84. The van der Waals surface area contributed by atoms with Crippen LogP contribution in [0.25, 0.3) is 0 Å². The van der Waals surface area contributed by atoms with Crippen LogP contribution in [0.4, 0.5) is 0 Å². The summed E-state index contributed by atoms with van der Waals surface area (Å²) in [6.07, 6.45) is -1.88. The van der Waals surface area contributed by atoms with Gasteiger partial charge in [0.25, 0.3) is 11.8 Å². The van der Waals surface area contributed by atoms with Crippen LogP contribution < -0.4 is 0 Å². The fourth-order valence-electron chi connectivity index (χ4n) is 2.45. The molecule has 2 unspecified atom stereocenters. The Morgan fingerprint density at radius 2 is 1.47 bits per heavy atom. The summed E-state index contributed by atoms with van der Waals surface area (Å²) in [6.45, 7) is 0. The summed E-state index contributed by atoms with van der Waals surface area (Å²) in [5, 5.41) is 19.6. The third kappa shape index (κ3) is 1.94. The van der Waals surface area contributed by atoms with Gasteiger partial charge >= 0.3 is 0 Å². The number of aliphatic hydroxyl groups excluding tert-OH is 2. The van der Waals surface area contributed by atoms with Crippen molar-refractivity contribution in [3.05, 3.63) is 35.4 Å². The van der Waals surface area contributed by atoms with Crippen LogP contribution in [0.3, 0.4) is 0 Å². The number of fused-ring (bicyclic) bond motifs is 1. The Bertz CT molecular complexity index is 499. The molecule has 0 aromatic heterocycles. The summed E-state index contributed by atoms with van der Waals surface area (Å²) in [6, 6.07) is 6.49. The molecule has 3 rings (SSSR count). The van der Waals surface area contributed by atoms with Gasteiger partial charge in [-0.05, 0) is 12.1 Å². The molecule has 1 aliphatic carbocycles. The molecule has 100 valence electrons. The number of carbonyl (C=O) groups is 2. The topological polar surface area (TPSA) is 87.1 Å². The van der Waals surface area contributed by atoms with Gasteiger partial charge in [0.1, 0.15) is 0 Å². The second kappa shape index (κ2) is 4.41. The van der Waals surface area contributed by atoms with Gasteiger partial charge in [0, 0.05) is 12.8 Å². The molecular weight excluding hydrogens is 250 g/mol. The molecule has 2 aliphatic rings. The maximum absolute atomic E-state index is 12.0. The Balaban J connectivity index is 1.78. The van der Waals surface area contributed by atoms with E-state index in [1.807, 2.05) is 0 Å². The number of benzene rings is 1. The molecule has 1 aromatic carbocycles. The van der Waals surface area contributed by atoms with Crippen molar-refractivity contribution in [3.63, 3.8) is 0 Å². The smallest absolute Gasteiger partial charge is 0.285 e. The highest BCUT2D eigenvalue weighted by molar-refractivity contribution is 6.20. The molecule has 2 amide bonds. The average molecular weight is 263 g/mol. The largest absolute Gasteiger partial charge is 0.390 e. The lowest BCUT2D eigenvalue weighted by Crippen LogP contribution is -2.34. The minimum Gasteiger partial charge on any atom is -0.390 e. The predicted octanol–water partition coefficient (Wildman–Crippen LogP) is 0.0984. The molecule has 1 fully saturated rings. The number of aliphatic hydroxyl groups is 2. The highest BCUT2D eigenvalue weighted by atomic mass is 16.7. The number of imide groups is 1. The summed E-state index contributed by atoms with van der Waals surface area (Å²) >= 11 is 0. The Hall–Kier alpha value is -1.76. The van der Waals surface area contributed by atoms with Crippen molar-refractivity contribution in [2.75, 3.05) is 0 Å². The molecule has 1 aromatic rings. The molecule has 0 bridgehead atoms. The van der Waals surface area contributed by atoms with Crippen molar-refractivity contribution in [1.82, 2.24) is 5.06 Å². The highest BCUT2D eigenvalue weighted by Gasteiger charge is 2.41. The lowest BCUT2D eigenvalue weighted by atomic mass is 10.1. The fraction of sp³-hybridized carbons (Fsp3) is 0.385. The molecule has 19 heavy (non-hydrogen) atoms. The van der Waals surface area contributed by atoms with Crippen LogP contribution in [0.1, 0.15) is 33.6 Å². The summed E-state index contributed by atoms with van der Waals surface area (Å²) in [5.41, 5.74) is 0.623. The van der Waals surface area contributed by atoms with Gasteiger partial charge in [-0.3, -0.25) is 14.4 Å². The first-order valence-corrected chi connectivity index (χ1v) is 6.08. The van der Waals surface area contributed by atoms with E-state index >= 15 is 0 Å². The van der Waals surface area contributed by atoms with E-state index in [0.29, 0.717) is 11.1 Å². The first-order valence-electron chi connectivity index (χ1n) is 6.08. The minimum atomic E-state index is -0.875. The molecule has 0 spiro atoms. The van der Waals surface area contributed by atoms with Crippen molar-refractivity contribution >= 4 is 11.8 Å². The van der Waals surface area contributed by atoms with Gasteiger partial charge < -0.3 is 10.2 Å².